The number of carbonyl (C=O) groups excluding carboxylic acids is 1. The van der Waals surface area contributed by atoms with Crippen molar-refractivity contribution in [3.63, 3.8) is 0 Å². The fraction of sp³-hybridized carbons (Fsp3) is 0.320. The molecule has 1 aromatic carbocycles. The Morgan fingerprint density at radius 1 is 1.14 bits per heavy atom. The molecule has 0 fully saturated rings. The first-order chi connectivity index (χ1) is 17.2. The van der Waals surface area contributed by atoms with Crippen LogP contribution in [-0.2, 0) is 24.2 Å². The van der Waals surface area contributed by atoms with Crippen LogP contribution in [-0.4, -0.2) is 34.4 Å². The summed E-state index contributed by atoms with van der Waals surface area (Å²) in [4.78, 5) is 33.2. The van der Waals surface area contributed by atoms with E-state index in [-0.39, 0.29) is 23.8 Å². The fourth-order valence-corrected chi connectivity index (χ4v) is 6.58. The van der Waals surface area contributed by atoms with Gasteiger partial charge >= 0.3 is 0 Å². The smallest absolute Gasteiger partial charge is 0.263 e. The maximum Gasteiger partial charge on any atom is 0.263 e. The molecule has 1 aliphatic carbocycles. The highest BCUT2D eigenvalue weighted by molar-refractivity contribution is 7.99. The van der Waals surface area contributed by atoms with Gasteiger partial charge in [0.25, 0.3) is 5.56 Å². The third-order valence-corrected chi connectivity index (χ3v) is 8.25. The lowest BCUT2D eigenvalue weighted by molar-refractivity contribution is -0.113. The number of rotatable bonds is 6. The zero-order valence-corrected chi connectivity index (χ0v) is 20.5. The number of nitrogens with one attached hydrogen (secondary N) is 1. The van der Waals surface area contributed by atoms with Crippen LogP contribution in [0.1, 0.15) is 29.0 Å². The molecule has 0 saturated carbocycles. The number of amides is 1. The molecule has 180 valence electrons. The van der Waals surface area contributed by atoms with E-state index in [1.54, 1.807) is 46.4 Å². The average Bonchev–Trinajstić information content (AvgIpc) is 3.52. The molecule has 0 radical (unpaired) electrons. The predicted octanol–water partition coefficient (Wildman–Crippen LogP) is 4.48. The molecule has 0 atom stereocenters. The molecule has 4 heterocycles. The van der Waals surface area contributed by atoms with E-state index in [2.05, 4.69) is 5.32 Å². The predicted molar refractivity (Wildman–Crippen MR) is 135 cm³/mol. The minimum absolute atomic E-state index is 0.0689. The van der Waals surface area contributed by atoms with Crippen molar-refractivity contribution in [2.75, 3.05) is 24.3 Å². The first kappa shape index (κ1) is 22.2. The lowest BCUT2D eigenvalue weighted by atomic mass is 9.97. The standard InChI is InChI=1S/C25H23N3O5S2/c29-21(26-15-7-8-18-19(12-15)33-11-10-32-18)14-34-25-27-23-22(17-5-1-2-6-20(17)35-23)24(30)28(25)13-16-4-3-9-31-16/h3-4,7-9,12H,1-2,5-6,10-11,13-14H2,(H,26,29). The molecule has 0 unspecified atom stereocenters. The van der Waals surface area contributed by atoms with E-state index >= 15 is 0 Å². The molecule has 6 rings (SSSR count). The van der Waals surface area contributed by atoms with Gasteiger partial charge in [-0.25, -0.2) is 4.98 Å². The van der Waals surface area contributed by atoms with E-state index in [4.69, 9.17) is 18.9 Å². The Morgan fingerprint density at radius 3 is 2.86 bits per heavy atom. The Bertz CT molecular complexity index is 1460. The second-order valence-corrected chi connectivity index (χ2v) is 10.5. The van der Waals surface area contributed by atoms with E-state index in [0.29, 0.717) is 41.3 Å². The van der Waals surface area contributed by atoms with Crippen LogP contribution in [0, 0.1) is 0 Å². The number of fused-ring (bicyclic) bond motifs is 4. The normalized spacial score (nSPS) is 14.6. The summed E-state index contributed by atoms with van der Waals surface area (Å²) in [5.41, 5.74) is 1.71. The summed E-state index contributed by atoms with van der Waals surface area (Å²) in [5.74, 6) is 1.86. The Morgan fingerprint density at radius 2 is 2.00 bits per heavy atom. The van der Waals surface area contributed by atoms with Gasteiger partial charge < -0.3 is 19.2 Å². The average molecular weight is 510 g/mol. The number of hydrogen-bond acceptors (Lipinski definition) is 8. The van der Waals surface area contributed by atoms with E-state index in [1.165, 1.54) is 16.6 Å². The summed E-state index contributed by atoms with van der Waals surface area (Å²) in [6.07, 6.45) is 5.73. The van der Waals surface area contributed by atoms with Crippen molar-refractivity contribution < 1.29 is 18.7 Å². The van der Waals surface area contributed by atoms with Gasteiger partial charge in [0.1, 0.15) is 23.8 Å². The molecule has 0 saturated heterocycles. The van der Waals surface area contributed by atoms with Crippen molar-refractivity contribution in [2.45, 2.75) is 37.4 Å². The minimum atomic E-state index is -0.198. The molecule has 4 aromatic rings. The van der Waals surface area contributed by atoms with Gasteiger partial charge in [0.05, 0.1) is 23.9 Å². The summed E-state index contributed by atoms with van der Waals surface area (Å²) in [6, 6.07) is 8.95. The van der Waals surface area contributed by atoms with Crippen LogP contribution in [0.3, 0.4) is 0 Å². The molecule has 10 heteroatoms. The zero-order valence-electron chi connectivity index (χ0n) is 18.9. The van der Waals surface area contributed by atoms with Gasteiger partial charge in [-0.1, -0.05) is 11.8 Å². The first-order valence-electron chi connectivity index (χ1n) is 11.6. The van der Waals surface area contributed by atoms with Gasteiger partial charge in [-0.15, -0.1) is 11.3 Å². The lowest BCUT2D eigenvalue weighted by Gasteiger charge is -2.19. The topological polar surface area (TPSA) is 95.6 Å². The minimum Gasteiger partial charge on any atom is -0.486 e. The number of thioether (sulfide) groups is 1. The number of ether oxygens (including phenoxy) is 2. The lowest BCUT2D eigenvalue weighted by Crippen LogP contribution is -2.25. The van der Waals surface area contributed by atoms with E-state index in [9.17, 15) is 9.59 Å². The van der Waals surface area contributed by atoms with Gasteiger partial charge in [0.15, 0.2) is 16.7 Å². The van der Waals surface area contributed by atoms with Crippen molar-refractivity contribution in [1.29, 1.82) is 0 Å². The van der Waals surface area contributed by atoms with E-state index in [0.717, 1.165) is 41.5 Å². The van der Waals surface area contributed by atoms with Gasteiger partial charge in [0.2, 0.25) is 5.91 Å². The zero-order chi connectivity index (χ0) is 23.8. The third kappa shape index (κ3) is 4.43. The second-order valence-electron chi connectivity index (χ2n) is 8.45. The molecule has 0 bridgehead atoms. The number of nitrogens with zero attached hydrogens (tertiary/aromatic N) is 2. The Balaban J connectivity index is 1.27. The number of furan rings is 1. The monoisotopic (exact) mass is 509 g/mol. The SMILES string of the molecule is O=C(CSc1nc2sc3c(c2c(=O)n1Cc1ccco1)CCCC3)Nc1ccc2c(c1)OCCO2. The number of benzene rings is 1. The van der Waals surface area contributed by atoms with Crippen LogP contribution in [0.5, 0.6) is 11.5 Å². The molecular formula is C25H23N3O5S2. The van der Waals surface area contributed by atoms with Crippen molar-refractivity contribution >= 4 is 44.9 Å². The van der Waals surface area contributed by atoms with Crippen molar-refractivity contribution in [1.82, 2.24) is 9.55 Å². The highest BCUT2D eigenvalue weighted by Crippen LogP contribution is 2.35. The van der Waals surface area contributed by atoms with E-state index in [1.807, 2.05) is 6.07 Å². The number of anilines is 1. The van der Waals surface area contributed by atoms with Crippen LogP contribution in [0.15, 0.2) is 51.0 Å². The molecule has 0 spiro atoms. The Labute approximate surface area is 209 Å². The maximum atomic E-state index is 13.6. The summed E-state index contributed by atoms with van der Waals surface area (Å²) in [5, 5.41) is 4.13. The summed E-state index contributed by atoms with van der Waals surface area (Å²) >= 11 is 2.86. The van der Waals surface area contributed by atoms with Crippen LogP contribution in [0.25, 0.3) is 10.2 Å². The third-order valence-electron chi connectivity index (χ3n) is 6.09. The van der Waals surface area contributed by atoms with E-state index < -0.39 is 0 Å². The number of carbonyl (C=O) groups is 1. The van der Waals surface area contributed by atoms with Crippen molar-refractivity contribution in [2.24, 2.45) is 0 Å². The van der Waals surface area contributed by atoms with Crippen molar-refractivity contribution in [3.05, 3.63) is 63.1 Å². The Hall–Kier alpha value is -3.24. The molecular weight excluding hydrogens is 486 g/mol. The number of hydrogen-bond donors (Lipinski definition) is 1. The summed E-state index contributed by atoms with van der Waals surface area (Å²) < 4.78 is 18.3. The highest BCUT2D eigenvalue weighted by Gasteiger charge is 2.23. The largest absolute Gasteiger partial charge is 0.486 e. The van der Waals surface area contributed by atoms with Gasteiger partial charge in [-0.05, 0) is 55.5 Å². The maximum absolute atomic E-state index is 13.6. The van der Waals surface area contributed by atoms with Gasteiger partial charge in [0, 0.05) is 16.6 Å². The molecule has 2 aliphatic rings. The van der Waals surface area contributed by atoms with Crippen LogP contribution in [0.4, 0.5) is 5.69 Å². The first-order valence-corrected chi connectivity index (χ1v) is 13.4. The quantitative estimate of drug-likeness (QED) is 0.302. The van der Waals surface area contributed by atoms with Gasteiger partial charge in [-0.3, -0.25) is 14.2 Å². The van der Waals surface area contributed by atoms with Crippen LogP contribution in [0.2, 0.25) is 0 Å². The Kier molecular flexibility index (Phi) is 5.99. The molecule has 1 amide bonds. The molecule has 3 aromatic heterocycles. The number of aryl methyl sites for hydroxylation is 2. The van der Waals surface area contributed by atoms with Gasteiger partial charge in [-0.2, -0.15) is 0 Å². The summed E-state index contributed by atoms with van der Waals surface area (Å²) in [7, 11) is 0. The van der Waals surface area contributed by atoms with Crippen molar-refractivity contribution in [3.8, 4) is 11.5 Å². The second kappa shape index (κ2) is 9.43. The number of aromatic nitrogens is 2. The molecule has 1 N–H and O–H groups in total. The molecule has 8 nitrogen and oxygen atoms in total. The number of thiophene rings is 1. The van der Waals surface area contributed by atoms with Crippen LogP contribution >= 0.6 is 23.1 Å². The highest BCUT2D eigenvalue weighted by atomic mass is 32.2. The molecule has 35 heavy (non-hydrogen) atoms. The van der Waals surface area contributed by atoms with Crippen LogP contribution < -0.4 is 20.3 Å². The fourth-order valence-electron chi connectivity index (χ4n) is 4.48. The molecule has 1 aliphatic heterocycles. The summed E-state index contributed by atoms with van der Waals surface area (Å²) in [6.45, 7) is 1.26.